The van der Waals surface area contributed by atoms with Crippen LogP contribution in [0.15, 0.2) is 40.9 Å². The minimum atomic E-state index is 0.577. The van der Waals surface area contributed by atoms with Gasteiger partial charge in [-0.05, 0) is 51.8 Å². The third kappa shape index (κ3) is 3.44. The number of hydrogen-bond acceptors (Lipinski definition) is 3. The zero-order valence-electron chi connectivity index (χ0n) is 10.8. The summed E-state index contributed by atoms with van der Waals surface area (Å²) in [5, 5.41) is 12.7. The molecule has 0 saturated carbocycles. The van der Waals surface area contributed by atoms with Crippen molar-refractivity contribution >= 4 is 33.2 Å². The zero-order valence-corrected chi connectivity index (χ0v) is 13.1. The van der Waals surface area contributed by atoms with Gasteiger partial charge in [0.1, 0.15) is 5.75 Å². The van der Waals surface area contributed by atoms with Gasteiger partial charge < -0.3 is 10.1 Å². The number of nitriles is 1. The van der Waals surface area contributed by atoms with E-state index in [1.54, 1.807) is 25.3 Å². The summed E-state index contributed by atoms with van der Waals surface area (Å²) in [6.45, 7) is 0.608. The van der Waals surface area contributed by atoms with Gasteiger partial charge in [-0.2, -0.15) is 5.26 Å². The van der Waals surface area contributed by atoms with Gasteiger partial charge in [0.05, 0.1) is 33.9 Å². The highest BCUT2D eigenvalue weighted by molar-refractivity contribution is 9.10. The lowest BCUT2D eigenvalue weighted by atomic mass is 10.2. The average molecular weight is 352 g/mol. The fourth-order valence-electron chi connectivity index (χ4n) is 1.75. The summed E-state index contributed by atoms with van der Waals surface area (Å²) in [4.78, 5) is 0. The van der Waals surface area contributed by atoms with Crippen molar-refractivity contribution in [3.05, 3.63) is 57.0 Å². The van der Waals surface area contributed by atoms with Crippen molar-refractivity contribution in [2.45, 2.75) is 6.54 Å². The van der Waals surface area contributed by atoms with Crippen molar-refractivity contribution in [1.82, 2.24) is 0 Å². The third-order valence-electron chi connectivity index (χ3n) is 2.79. The van der Waals surface area contributed by atoms with Crippen LogP contribution in [0.3, 0.4) is 0 Å². The van der Waals surface area contributed by atoms with Crippen LogP contribution >= 0.6 is 27.5 Å². The Bertz CT molecular complexity index is 667. The molecule has 2 rings (SSSR count). The van der Waals surface area contributed by atoms with Crippen LogP contribution in [0.4, 0.5) is 5.69 Å². The van der Waals surface area contributed by atoms with Gasteiger partial charge in [0.25, 0.3) is 0 Å². The number of nitrogens with one attached hydrogen (secondary N) is 1. The third-order valence-corrected chi connectivity index (χ3v) is 3.74. The molecule has 3 nitrogen and oxygen atoms in total. The van der Waals surface area contributed by atoms with E-state index in [1.165, 1.54) is 0 Å². The van der Waals surface area contributed by atoms with Gasteiger partial charge in [0.2, 0.25) is 0 Å². The van der Waals surface area contributed by atoms with Gasteiger partial charge in [-0.15, -0.1) is 0 Å². The average Bonchev–Trinajstić information content (AvgIpc) is 2.46. The Labute approximate surface area is 131 Å². The number of methoxy groups -OCH3 is 1. The molecule has 0 fully saturated rings. The SMILES string of the molecule is COc1ccc(CNc2cc(C#N)ccc2Cl)cc1Br. The van der Waals surface area contributed by atoms with Gasteiger partial charge in [-0.25, -0.2) is 0 Å². The highest BCUT2D eigenvalue weighted by atomic mass is 79.9. The zero-order chi connectivity index (χ0) is 14.5. The summed E-state index contributed by atoms with van der Waals surface area (Å²) in [6, 6.07) is 13.1. The van der Waals surface area contributed by atoms with Gasteiger partial charge in [-0.3, -0.25) is 0 Å². The first-order valence-corrected chi connectivity index (χ1v) is 7.07. The van der Waals surface area contributed by atoms with E-state index in [-0.39, 0.29) is 0 Å². The highest BCUT2D eigenvalue weighted by Gasteiger charge is 2.04. The number of benzene rings is 2. The maximum Gasteiger partial charge on any atom is 0.133 e. The Hall–Kier alpha value is -1.70. The quantitative estimate of drug-likeness (QED) is 0.876. The molecule has 0 aliphatic carbocycles. The lowest BCUT2D eigenvalue weighted by Crippen LogP contribution is -2.00. The molecule has 5 heteroatoms. The van der Waals surface area contributed by atoms with Gasteiger partial charge in [0.15, 0.2) is 0 Å². The van der Waals surface area contributed by atoms with Crippen LogP contribution in [-0.2, 0) is 6.54 Å². The molecular formula is C15H12BrClN2O. The number of anilines is 1. The Morgan fingerprint density at radius 3 is 2.75 bits per heavy atom. The topological polar surface area (TPSA) is 45.0 Å². The summed E-state index contributed by atoms with van der Waals surface area (Å²) >= 11 is 9.55. The van der Waals surface area contributed by atoms with Crippen LogP contribution in [-0.4, -0.2) is 7.11 Å². The van der Waals surface area contributed by atoms with E-state index in [0.717, 1.165) is 21.5 Å². The Balaban J connectivity index is 2.13. The summed E-state index contributed by atoms with van der Waals surface area (Å²) in [6.07, 6.45) is 0. The molecule has 0 amide bonds. The number of halogens is 2. The van der Waals surface area contributed by atoms with Crippen molar-refractivity contribution < 1.29 is 4.74 Å². The van der Waals surface area contributed by atoms with Crippen LogP contribution in [0.2, 0.25) is 5.02 Å². The predicted octanol–water partition coefficient (Wildman–Crippen LogP) is 4.59. The maximum absolute atomic E-state index is 8.89. The van der Waals surface area contributed by atoms with E-state index in [4.69, 9.17) is 21.6 Å². The van der Waals surface area contributed by atoms with E-state index < -0.39 is 0 Å². The summed E-state index contributed by atoms with van der Waals surface area (Å²) < 4.78 is 6.09. The van der Waals surface area contributed by atoms with E-state index in [2.05, 4.69) is 27.3 Å². The minimum absolute atomic E-state index is 0.577. The normalized spacial score (nSPS) is 9.90. The molecule has 0 atom stereocenters. The molecule has 0 bridgehead atoms. The Kier molecular flexibility index (Phi) is 4.89. The number of rotatable bonds is 4. The minimum Gasteiger partial charge on any atom is -0.496 e. The molecule has 0 radical (unpaired) electrons. The van der Waals surface area contributed by atoms with Crippen molar-refractivity contribution in [3.8, 4) is 11.8 Å². The first-order valence-electron chi connectivity index (χ1n) is 5.90. The van der Waals surface area contributed by atoms with Crippen molar-refractivity contribution in [2.75, 3.05) is 12.4 Å². The molecular weight excluding hydrogens is 340 g/mol. The fraction of sp³-hybridized carbons (Fsp3) is 0.133. The number of nitrogens with zero attached hydrogens (tertiary/aromatic N) is 1. The molecule has 20 heavy (non-hydrogen) atoms. The Morgan fingerprint density at radius 1 is 1.30 bits per heavy atom. The first kappa shape index (κ1) is 14.7. The monoisotopic (exact) mass is 350 g/mol. The van der Waals surface area contributed by atoms with Crippen LogP contribution in [0, 0.1) is 11.3 Å². The van der Waals surface area contributed by atoms with Crippen molar-refractivity contribution in [2.24, 2.45) is 0 Å². The molecule has 2 aromatic rings. The summed E-state index contributed by atoms with van der Waals surface area (Å²) in [5.41, 5.74) is 2.40. The maximum atomic E-state index is 8.89. The first-order chi connectivity index (χ1) is 9.63. The molecule has 0 aliphatic heterocycles. The fourth-order valence-corrected chi connectivity index (χ4v) is 2.52. The lowest BCUT2D eigenvalue weighted by Gasteiger charge is -2.10. The molecule has 1 N–H and O–H groups in total. The molecule has 0 unspecified atom stereocenters. The second-order valence-corrected chi connectivity index (χ2v) is 5.39. The van der Waals surface area contributed by atoms with Crippen LogP contribution in [0.5, 0.6) is 5.75 Å². The van der Waals surface area contributed by atoms with E-state index in [9.17, 15) is 0 Å². The Morgan fingerprint density at radius 2 is 2.10 bits per heavy atom. The molecule has 0 aromatic heterocycles. The summed E-state index contributed by atoms with van der Waals surface area (Å²) in [5.74, 6) is 0.790. The van der Waals surface area contributed by atoms with Crippen molar-refractivity contribution in [3.63, 3.8) is 0 Å². The highest BCUT2D eigenvalue weighted by Crippen LogP contribution is 2.27. The molecule has 0 aliphatic rings. The van der Waals surface area contributed by atoms with Crippen LogP contribution < -0.4 is 10.1 Å². The lowest BCUT2D eigenvalue weighted by molar-refractivity contribution is 0.412. The van der Waals surface area contributed by atoms with Crippen molar-refractivity contribution in [1.29, 1.82) is 5.26 Å². The van der Waals surface area contributed by atoms with Crippen LogP contribution in [0.1, 0.15) is 11.1 Å². The smallest absolute Gasteiger partial charge is 0.133 e. The molecule has 0 heterocycles. The van der Waals surface area contributed by atoms with Gasteiger partial charge in [0, 0.05) is 6.54 Å². The number of hydrogen-bond donors (Lipinski definition) is 1. The predicted molar refractivity (Wildman–Crippen MR) is 84.2 cm³/mol. The molecule has 2 aromatic carbocycles. The molecule has 102 valence electrons. The molecule has 0 spiro atoms. The van der Waals surface area contributed by atoms with Gasteiger partial charge in [-0.1, -0.05) is 17.7 Å². The van der Waals surface area contributed by atoms with E-state index >= 15 is 0 Å². The standard InChI is InChI=1S/C15H12BrClN2O/c1-20-15-5-3-11(6-12(15)16)9-19-14-7-10(8-18)2-4-13(14)17/h2-7,19H,9H2,1H3. The van der Waals surface area contributed by atoms with Gasteiger partial charge >= 0.3 is 0 Å². The van der Waals surface area contributed by atoms with E-state index in [1.807, 2.05) is 18.2 Å². The number of ether oxygens (including phenoxy) is 1. The second-order valence-electron chi connectivity index (χ2n) is 4.13. The largest absolute Gasteiger partial charge is 0.496 e. The van der Waals surface area contributed by atoms with Crippen LogP contribution in [0.25, 0.3) is 0 Å². The van der Waals surface area contributed by atoms with E-state index in [0.29, 0.717) is 17.1 Å². The second kappa shape index (κ2) is 6.65. The summed E-state index contributed by atoms with van der Waals surface area (Å²) in [7, 11) is 1.63. The molecule has 0 saturated heterocycles.